The molecular weight excluding hydrogens is 365 g/mol. The maximum Gasteiger partial charge on any atom is 0.224 e. The van der Waals surface area contributed by atoms with Crippen molar-refractivity contribution in [2.24, 2.45) is 0 Å². The molecule has 1 amide bonds. The Kier molecular flexibility index (Phi) is 5.38. The van der Waals surface area contributed by atoms with Gasteiger partial charge in [-0.1, -0.05) is 18.2 Å². The van der Waals surface area contributed by atoms with Gasteiger partial charge < -0.3 is 10.3 Å². The molecule has 0 saturated carbocycles. The van der Waals surface area contributed by atoms with Gasteiger partial charge in [0.1, 0.15) is 5.82 Å². The van der Waals surface area contributed by atoms with E-state index in [1.165, 1.54) is 6.07 Å². The van der Waals surface area contributed by atoms with E-state index < -0.39 is 0 Å². The monoisotopic (exact) mass is 387 g/mol. The normalized spacial score (nSPS) is 11.0. The van der Waals surface area contributed by atoms with E-state index >= 15 is 0 Å². The number of fused-ring (bicyclic) bond motifs is 1. The molecule has 0 aliphatic carbocycles. The Morgan fingerprint density at radius 2 is 2.00 bits per heavy atom. The van der Waals surface area contributed by atoms with Crippen LogP contribution in [0, 0.1) is 12.7 Å². The molecule has 0 atom stereocenters. The number of nitrogens with one attached hydrogen (secondary N) is 2. The van der Waals surface area contributed by atoms with Crippen molar-refractivity contribution in [3.05, 3.63) is 83.8 Å². The minimum atomic E-state index is -0.275. The molecule has 2 aromatic heterocycles. The highest BCUT2D eigenvalue weighted by Gasteiger charge is 2.15. The van der Waals surface area contributed by atoms with E-state index in [0.29, 0.717) is 19.3 Å². The number of anilines is 1. The summed E-state index contributed by atoms with van der Waals surface area (Å²) in [4.78, 5) is 20.1. The molecule has 0 fully saturated rings. The van der Waals surface area contributed by atoms with Gasteiger partial charge in [-0.25, -0.2) is 4.39 Å². The molecule has 146 valence electrons. The molecule has 0 saturated heterocycles. The van der Waals surface area contributed by atoms with E-state index in [-0.39, 0.29) is 11.7 Å². The number of hydrogen-bond donors (Lipinski definition) is 2. The highest BCUT2D eigenvalue weighted by atomic mass is 19.1. The van der Waals surface area contributed by atoms with Crippen molar-refractivity contribution >= 4 is 22.5 Å². The van der Waals surface area contributed by atoms with E-state index in [9.17, 15) is 9.18 Å². The lowest BCUT2D eigenvalue weighted by Gasteiger charge is -2.07. The zero-order valence-electron chi connectivity index (χ0n) is 16.2. The van der Waals surface area contributed by atoms with Crippen LogP contribution in [0.1, 0.15) is 24.0 Å². The quantitative estimate of drug-likeness (QED) is 0.450. The number of aryl methyl sites for hydroxylation is 2. The van der Waals surface area contributed by atoms with Gasteiger partial charge in [-0.2, -0.15) is 0 Å². The number of pyridine rings is 1. The summed E-state index contributed by atoms with van der Waals surface area (Å²) >= 11 is 0. The van der Waals surface area contributed by atoms with Crippen molar-refractivity contribution < 1.29 is 9.18 Å². The summed E-state index contributed by atoms with van der Waals surface area (Å²) in [6.07, 6.45) is 3.43. The molecule has 0 aliphatic heterocycles. The number of aromatic amines is 1. The summed E-state index contributed by atoms with van der Waals surface area (Å²) in [6.45, 7) is 1.99. The predicted octanol–water partition coefficient (Wildman–Crippen LogP) is 5.64. The van der Waals surface area contributed by atoms with Gasteiger partial charge in [0.25, 0.3) is 0 Å². The number of amides is 1. The minimum absolute atomic E-state index is 0.0268. The molecule has 29 heavy (non-hydrogen) atoms. The second-order valence-electron chi connectivity index (χ2n) is 7.15. The van der Waals surface area contributed by atoms with Gasteiger partial charge in [-0.3, -0.25) is 9.78 Å². The lowest BCUT2D eigenvalue weighted by Crippen LogP contribution is -2.11. The van der Waals surface area contributed by atoms with Crippen molar-refractivity contribution in [1.82, 2.24) is 9.97 Å². The van der Waals surface area contributed by atoms with Gasteiger partial charge in [-0.15, -0.1) is 0 Å². The molecule has 4 aromatic rings. The van der Waals surface area contributed by atoms with Crippen molar-refractivity contribution in [3.63, 3.8) is 0 Å². The molecule has 0 radical (unpaired) electrons. The molecular formula is C24H22FN3O. The Labute approximate surface area is 168 Å². The number of aromatic nitrogens is 2. The summed E-state index contributed by atoms with van der Waals surface area (Å²) in [5.74, 6) is -0.302. The average Bonchev–Trinajstić information content (AvgIpc) is 3.06. The van der Waals surface area contributed by atoms with Crippen molar-refractivity contribution in [3.8, 4) is 11.4 Å². The van der Waals surface area contributed by atoms with Crippen LogP contribution in [0.3, 0.4) is 0 Å². The first-order chi connectivity index (χ1) is 14.1. The SMILES string of the molecule is Cc1cccc(NC(=O)CCCc2c(-c3ccccn3)[nH]c3ccc(F)cc23)c1. The summed E-state index contributed by atoms with van der Waals surface area (Å²) in [6, 6.07) is 18.2. The van der Waals surface area contributed by atoms with Crippen LogP contribution in [0.4, 0.5) is 10.1 Å². The van der Waals surface area contributed by atoms with Crippen LogP contribution in [0.25, 0.3) is 22.3 Å². The lowest BCUT2D eigenvalue weighted by molar-refractivity contribution is -0.116. The molecule has 0 unspecified atom stereocenters. The topological polar surface area (TPSA) is 57.8 Å². The molecule has 2 aromatic carbocycles. The van der Waals surface area contributed by atoms with Crippen LogP contribution >= 0.6 is 0 Å². The maximum atomic E-state index is 13.9. The first kappa shape index (κ1) is 18.9. The maximum absolute atomic E-state index is 13.9. The molecule has 4 nitrogen and oxygen atoms in total. The second-order valence-corrected chi connectivity index (χ2v) is 7.15. The highest BCUT2D eigenvalue weighted by Crippen LogP contribution is 2.31. The van der Waals surface area contributed by atoms with Crippen molar-refractivity contribution in [2.45, 2.75) is 26.2 Å². The van der Waals surface area contributed by atoms with Crippen LogP contribution in [0.5, 0.6) is 0 Å². The number of benzene rings is 2. The third-order valence-corrected chi connectivity index (χ3v) is 4.92. The lowest BCUT2D eigenvalue weighted by atomic mass is 10.0. The Hall–Kier alpha value is -3.47. The fraction of sp³-hybridized carbons (Fsp3) is 0.167. The van der Waals surface area contributed by atoms with Gasteiger partial charge in [0.2, 0.25) is 5.91 Å². The summed E-state index contributed by atoms with van der Waals surface area (Å²) in [5, 5.41) is 3.77. The van der Waals surface area contributed by atoms with Gasteiger partial charge in [-0.05, 0) is 73.4 Å². The number of hydrogen-bond acceptors (Lipinski definition) is 2. The van der Waals surface area contributed by atoms with Crippen LogP contribution in [-0.2, 0) is 11.2 Å². The third-order valence-electron chi connectivity index (χ3n) is 4.92. The Bertz CT molecular complexity index is 1150. The number of nitrogens with zero attached hydrogens (tertiary/aromatic N) is 1. The fourth-order valence-corrected chi connectivity index (χ4v) is 3.58. The van der Waals surface area contributed by atoms with Crippen molar-refractivity contribution in [1.29, 1.82) is 0 Å². The molecule has 2 heterocycles. The van der Waals surface area contributed by atoms with E-state index in [4.69, 9.17) is 0 Å². The summed E-state index contributed by atoms with van der Waals surface area (Å²) < 4.78 is 13.9. The molecule has 5 heteroatoms. The van der Waals surface area contributed by atoms with Crippen LogP contribution < -0.4 is 5.32 Å². The minimum Gasteiger partial charge on any atom is -0.353 e. The molecule has 0 spiro atoms. The van der Waals surface area contributed by atoms with Crippen molar-refractivity contribution in [2.75, 3.05) is 5.32 Å². The Balaban J connectivity index is 1.52. The molecule has 0 bridgehead atoms. The zero-order valence-corrected chi connectivity index (χ0v) is 16.2. The fourth-order valence-electron chi connectivity index (χ4n) is 3.58. The standard InChI is InChI=1S/C24H22FN3O/c1-16-6-4-7-18(14-16)27-23(29)10-5-8-19-20-15-17(25)11-12-21(20)28-24(19)22-9-2-3-13-26-22/h2-4,6-7,9,11-15,28H,5,8,10H2,1H3,(H,27,29). The van der Waals surface area contributed by atoms with Gasteiger partial charge >= 0.3 is 0 Å². The van der Waals surface area contributed by atoms with Crippen LogP contribution in [0.15, 0.2) is 66.9 Å². The number of H-pyrrole nitrogens is 1. The average molecular weight is 387 g/mol. The molecule has 4 rings (SSSR count). The van der Waals surface area contributed by atoms with Gasteiger partial charge in [0.05, 0.1) is 11.4 Å². The first-order valence-corrected chi connectivity index (χ1v) is 9.68. The number of carbonyl (C=O) groups is 1. The zero-order chi connectivity index (χ0) is 20.2. The van der Waals surface area contributed by atoms with E-state index in [0.717, 1.165) is 39.1 Å². The van der Waals surface area contributed by atoms with E-state index in [1.54, 1.807) is 18.3 Å². The van der Waals surface area contributed by atoms with E-state index in [2.05, 4.69) is 15.3 Å². The largest absolute Gasteiger partial charge is 0.353 e. The van der Waals surface area contributed by atoms with Crippen LogP contribution in [0.2, 0.25) is 0 Å². The smallest absolute Gasteiger partial charge is 0.224 e. The number of carbonyl (C=O) groups excluding carboxylic acids is 1. The summed E-state index contributed by atoms with van der Waals surface area (Å²) in [5.41, 5.74) is 5.45. The Morgan fingerprint density at radius 1 is 1.10 bits per heavy atom. The third kappa shape index (κ3) is 4.35. The first-order valence-electron chi connectivity index (χ1n) is 9.68. The van der Waals surface area contributed by atoms with Gasteiger partial charge in [0.15, 0.2) is 0 Å². The van der Waals surface area contributed by atoms with Gasteiger partial charge in [0, 0.05) is 29.2 Å². The molecule has 0 aliphatic rings. The van der Waals surface area contributed by atoms with Crippen LogP contribution in [-0.4, -0.2) is 15.9 Å². The predicted molar refractivity (Wildman–Crippen MR) is 114 cm³/mol. The Morgan fingerprint density at radius 3 is 2.79 bits per heavy atom. The second kappa shape index (κ2) is 8.27. The number of halogens is 1. The molecule has 2 N–H and O–H groups in total. The summed E-state index contributed by atoms with van der Waals surface area (Å²) in [7, 11) is 0. The highest BCUT2D eigenvalue weighted by molar-refractivity contribution is 5.92. The van der Waals surface area contributed by atoms with E-state index in [1.807, 2.05) is 49.4 Å². The number of rotatable bonds is 6.